The molecule has 1 aromatic heterocycles. The monoisotopic (exact) mass is 490 g/mol. The third-order valence-electron chi connectivity index (χ3n) is 5.20. The molecule has 0 bridgehead atoms. The SMILES string of the molecule is CC1(C)S[C@@H]2[C@@H](NC(=O)/C(=N\OC3CCNC3=O)c3csc(N)n3)C(=O)N2[C@H]1C(=O)[O-].[Na+]. The number of anilines is 1. The van der Waals surface area contributed by atoms with Crippen LogP contribution in [-0.2, 0) is 24.0 Å². The predicted molar refractivity (Wildman–Crippen MR) is 109 cm³/mol. The van der Waals surface area contributed by atoms with Crippen molar-refractivity contribution in [2.75, 3.05) is 12.3 Å². The number of hydrogen-bond acceptors (Lipinski definition) is 11. The van der Waals surface area contributed by atoms with Crippen LogP contribution in [-0.4, -0.2) is 74.1 Å². The van der Waals surface area contributed by atoms with E-state index in [1.54, 1.807) is 13.8 Å². The maximum atomic E-state index is 12.9. The first-order valence-electron chi connectivity index (χ1n) is 9.35. The van der Waals surface area contributed by atoms with Crippen molar-refractivity contribution in [2.24, 2.45) is 5.16 Å². The number of β-lactam (4-membered cyclic amide) rings is 1. The fraction of sp³-hybridized carbons (Fsp3) is 0.529. The summed E-state index contributed by atoms with van der Waals surface area (Å²) >= 11 is 2.35. The van der Waals surface area contributed by atoms with E-state index in [1.807, 2.05) is 0 Å². The Labute approximate surface area is 213 Å². The number of thioether (sulfide) groups is 1. The smallest absolute Gasteiger partial charge is 0.548 e. The van der Waals surface area contributed by atoms with Crippen LogP contribution in [0, 0.1) is 0 Å². The Morgan fingerprint density at radius 2 is 2.16 bits per heavy atom. The van der Waals surface area contributed by atoms with Gasteiger partial charge in [-0.05, 0) is 13.8 Å². The third kappa shape index (κ3) is 4.33. The van der Waals surface area contributed by atoms with E-state index in [0.29, 0.717) is 13.0 Å². The normalized spacial score (nSPS) is 28.3. The number of carbonyl (C=O) groups excluding carboxylic acids is 4. The van der Waals surface area contributed by atoms with Gasteiger partial charge < -0.3 is 36.0 Å². The summed E-state index contributed by atoms with van der Waals surface area (Å²) in [5, 5.41) is 21.7. The van der Waals surface area contributed by atoms with E-state index in [1.165, 1.54) is 22.0 Å². The van der Waals surface area contributed by atoms with E-state index in [-0.39, 0.29) is 52.0 Å². The minimum absolute atomic E-state index is 0. The standard InChI is InChI=1S/C17H20N6O6S2.Na/c1-17(2)10(15(27)28)23-13(26)9(14(23)31-17)21-12(25)8(6-5-30-16(18)20-6)22-29-7-3-4-19-11(7)24;/h5,7,9-10,14H,3-4H2,1-2H3,(H2,18,20)(H,19,24)(H,21,25)(H,27,28);/q;+1/p-1/b22-8-;/t7?,9-,10-,14+;/m0./s1. The summed E-state index contributed by atoms with van der Waals surface area (Å²) in [5.41, 5.74) is 5.55. The van der Waals surface area contributed by atoms with E-state index in [9.17, 15) is 24.3 Å². The van der Waals surface area contributed by atoms with Gasteiger partial charge in [-0.3, -0.25) is 14.4 Å². The maximum absolute atomic E-state index is 12.9. The number of aromatic nitrogens is 1. The van der Waals surface area contributed by atoms with Crippen LogP contribution in [0.2, 0.25) is 0 Å². The molecule has 1 aromatic rings. The fourth-order valence-corrected chi connectivity index (χ4v) is 5.89. The number of thiazole rings is 1. The van der Waals surface area contributed by atoms with Gasteiger partial charge in [-0.25, -0.2) is 4.98 Å². The van der Waals surface area contributed by atoms with Crippen LogP contribution in [0.4, 0.5) is 5.13 Å². The molecule has 1 unspecified atom stereocenters. The van der Waals surface area contributed by atoms with Crippen LogP contribution in [0.15, 0.2) is 10.5 Å². The van der Waals surface area contributed by atoms with Crippen molar-refractivity contribution in [3.05, 3.63) is 11.1 Å². The topological polar surface area (TPSA) is 179 Å². The Hall–Kier alpha value is -1.87. The zero-order valence-electron chi connectivity index (χ0n) is 17.5. The van der Waals surface area contributed by atoms with Crippen molar-refractivity contribution >= 4 is 57.6 Å². The molecule has 0 aromatic carbocycles. The van der Waals surface area contributed by atoms with Crippen LogP contribution in [0.25, 0.3) is 0 Å². The largest absolute Gasteiger partial charge is 1.00 e. The molecule has 3 aliphatic rings. The number of amides is 3. The van der Waals surface area contributed by atoms with E-state index in [0.717, 1.165) is 11.3 Å². The van der Waals surface area contributed by atoms with E-state index >= 15 is 0 Å². The summed E-state index contributed by atoms with van der Waals surface area (Å²) in [7, 11) is 0. The molecule has 0 saturated carbocycles. The molecule has 0 spiro atoms. The molecule has 3 aliphatic heterocycles. The molecule has 32 heavy (non-hydrogen) atoms. The summed E-state index contributed by atoms with van der Waals surface area (Å²) in [6, 6.07) is -2.05. The number of oxime groups is 1. The minimum Gasteiger partial charge on any atom is -0.548 e. The molecule has 0 radical (unpaired) electrons. The van der Waals surface area contributed by atoms with Crippen LogP contribution in [0.3, 0.4) is 0 Å². The first-order valence-corrected chi connectivity index (χ1v) is 11.1. The van der Waals surface area contributed by atoms with Crippen molar-refractivity contribution in [3.8, 4) is 0 Å². The summed E-state index contributed by atoms with van der Waals surface area (Å²) in [6.07, 6.45) is -0.445. The summed E-state index contributed by atoms with van der Waals surface area (Å²) in [4.78, 5) is 59.3. The van der Waals surface area contributed by atoms with Crippen molar-refractivity contribution in [3.63, 3.8) is 0 Å². The number of carboxylic acids is 1. The zero-order chi connectivity index (χ0) is 22.5. The number of carboxylic acid groups (broad SMARTS) is 1. The van der Waals surface area contributed by atoms with Gasteiger partial charge in [0.05, 0.1) is 12.0 Å². The summed E-state index contributed by atoms with van der Waals surface area (Å²) in [6.45, 7) is 3.84. The Bertz CT molecular complexity index is 1000. The van der Waals surface area contributed by atoms with Crippen molar-refractivity contribution in [1.82, 2.24) is 20.5 Å². The van der Waals surface area contributed by atoms with Crippen LogP contribution < -0.4 is 51.0 Å². The number of hydrogen-bond donors (Lipinski definition) is 3. The molecule has 3 saturated heterocycles. The van der Waals surface area contributed by atoms with Gasteiger partial charge in [-0.2, -0.15) is 0 Å². The molecular formula is C17H19N6NaO6S2. The molecule has 15 heteroatoms. The maximum Gasteiger partial charge on any atom is 1.00 e. The van der Waals surface area contributed by atoms with Crippen molar-refractivity contribution < 1.29 is 58.7 Å². The molecule has 4 N–H and O–H groups in total. The van der Waals surface area contributed by atoms with Gasteiger partial charge in [0.1, 0.15) is 17.1 Å². The Morgan fingerprint density at radius 3 is 2.72 bits per heavy atom. The molecular weight excluding hydrogens is 471 g/mol. The molecule has 0 aliphatic carbocycles. The number of nitrogen functional groups attached to an aromatic ring is 1. The second-order valence-corrected chi connectivity index (χ2v) is 10.4. The van der Waals surface area contributed by atoms with Gasteiger partial charge in [-0.15, -0.1) is 23.1 Å². The first-order chi connectivity index (χ1) is 14.6. The average Bonchev–Trinajstić information content (AvgIpc) is 3.36. The number of nitrogens with zero attached hydrogens (tertiary/aromatic N) is 3. The minimum atomic E-state index is -1.35. The Balaban J connectivity index is 0.00000289. The molecule has 12 nitrogen and oxygen atoms in total. The number of nitrogens with two attached hydrogens (primary N) is 1. The Morgan fingerprint density at radius 1 is 1.44 bits per heavy atom. The van der Waals surface area contributed by atoms with Gasteiger partial charge in [-0.1, -0.05) is 5.16 Å². The van der Waals surface area contributed by atoms with Gasteiger partial charge in [0, 0.05) is 23.1 Å². The van der Waals surface area contributed by atoms with Gasteiger partial charge >= 0.3 is 29.6 Å². The third-order valence-corrected chi connectivity index (χ3v) is 7.45. The quantitative estimate of drug-likeness (QED) is 0.152. The van der Waals surface area contributed by atoms with Crippen molar-refractivity contribution in [2.45, 2.75) is 48.6 Å². The fourth-order valence-electron chi connectivity index (χ4n) is 3.73. The number of aliphatic carboxylic acids is 1. The van der Waals surface area contributed by atoms with Crippen LogP contribution >= 0.6 is 23.1 Å². The molecule has 4 atom stereocenters. The number of nitrogens with one attached hydrogen (secondary N) is 2. The first kappa shape index (κ1) is 24.8. The average molecular weight is 490 g/mol. The van der Waals surface area contributed by atoms with E-state index < -0.39 is 46.1 Å². The molecule has 4 heterocycles. The van der Waals surface area contributed by atoms with E-state index in [4.69, 9.17) is 10.6 Å². The second-order valence-electron chi connectivity index (χ2n) is 7.71. The Kier molecular flexibility index (Phi) is 7.10. The summed E-state index contributed by atoms with van der Waals surface area (Å²) in [5.74, 6) is -2.97. The summed E-state index contributed by atoms with van der Waals surface area (Å²) < 4.78 is -0.780. The molecule has 166 valence electrons. The van der Waals surface area contributed by atoms with Gasteiger partial charge in [0.15, 0.2) is 10.8 Å². The van der Waals surface area contributed by atoms with Crippen LogP contribution in [0.5, 0.6) is 0 Å². The molecule has 3 fully saturated rings. The van der Waals surface area contributed by atoms with Gasteiger partial charge in [0.25, 0.3) is 11.8 Å². The molecule has 4 rings (SSSR count). The number of carbonyl (C=O) groups is 4. The number of fused-ring (bicyclic) bond motifs is 1. The zero-order valence-corrected chi connectivity index (χ0v) is 21.1. The van der Waals surface area contributed by atoms with Gasteiger partial charge in [0.2, 0.25) is 12.0 Å². The second kappa shape index (κ2) is 9.17. The molecule has 3 amide bonds. The predicted octanol–water partition coefficient (Wildman–Crippen LogP) is -5.36. The van der Waals surface area contributed by atoms with E-state index in [2.05, 4.69) is 20.8 Å². The number of rotatable bonds is 6. The van der Waals surface area contributed by atoms with Crippen LogP contribution in [0.1, 0.15) is 26.0 Å². The van der Waals surface area contributed by atoms with Crippen molar-refractivity contribution in [1.29, 1.82) is 0 Å².